The van der Waals surface area contributed by atoms with Crippen molar-refractivity contribution >= 4 is 24.2 Å². The van der Waals surface area contributed by atoms with Crippen LogP contribution in [0.15, 0.2) is 30.3 Å². The monoisotopic (exact) mass is 353 g/mol. The van der Waals surface area contributed by atoms with E-state index in [-0.39, 0.29) is 30.8 Å². The van der Waals surface area contributed by atoms with Gasteiger partial charge >= 0.3 is 0 Å². The minimum atomic E-state index is -0.0947. The van der Waals surface area contributed by atoms with E-state index in [9.17, 15) is 9.59 Å². The molecule has 2 amide bonds. The van der Waals surface area contributed by atoms with Crippen LogP contribution in [0.3, 0.4) is 0 Å². The molecule has 0 atom stereocenters. The fraction of sp³-hybridized carbons (Fsp3) is 0.556. The van der Waals surface area contributed by atoms with Gasteiger partial charge in [-0.3, -0.25) is 9.59 Å². The Hall–Kier alpha value is -1.59. The molecule has 6 heteroatoms. The first-order valence-corrected chi connectivity index (χ1v) is 8.47. The summed E-state index contributed by atoms with van der Waals surface area (Å²) in [6.07, 6.45) is 4.19. The third kappa shape index (κ3) is 6.89. The number of carbonyl (C=O) groups is 2. The third-order valence-corrected chi connectivity index (χ3v) is 4.38. The van der Waals surface area contributed by atoms with E-state index in [0.717, 1.165) is 32.4 Å². The van der Waals surface area contributed by atoms with E-state index >= 15 is 0 Å². The molecular formula is C18H28ClN3O2. The summed E-state index contributed by atoms with van der Waals surface area (Å²) in [7, 11) is 0. The number of benzene rings is 1. The summed E-state index contributed by atoms with van der Waals surface area (Å²) >= 11 is 0. The first kappa shape index (κ1) is 20.5. The summed E-state index contributed by atoms with van der Waals surface area (Å²) in [5.41, 5.74) is 6.73. The zero-order valence-electron chi connectivity index (χ0n) is 14.1. The van der Waals surface area contributed by atoms with E-state index in [2.05, 4.69) is 29.6 Å². The van der Waals surface area contributed by atoms with Gasteiger partial charge in [0.15, 0.2) is 0 Å². The van der Waals surface area contributed by atoms with Crippen LogP contribution in [0.4, 0.5) is 0 Å². The van der Waals surface area contributed by atoms with E-state index in [0.29, 0.717) is 25.3 Å². The van der Waals surface area contributed by atoms with Crippen LogP contribution >= 0.6 is 12.4 Å². The van der Waals surface area contributed by atoms with Gasteiger partial charge in [0.25, 0.3) is 0 Å². The molecule has 1 aromatic rings. The largest absolute Gasteiger partial charge is 0.347 e. The van der Waals surface area contributed by atoms with Crippen LogP contribution in [0.5, 0.6) is 0 Å². The van der Waals surface area contributed by atoms with Crippen molar-refractivity contribution in [2.45, 2.75) is 32.1 Å². The number of likely N-dealkylation sites (tertiary alicyclic amines) is 1. The number of hydrogen-bond acceptors (Lipinski definition) is 3. The Morgan fingerprint density at radius 3 is 2.46 bits per heavy atom. The molecule has 1 aromatic carbocycles. The molecule has 0 radical (unpaired) electrons. The van der Waals surface area contributed by atoms with Gasteiger partial charge in [-0.05, 0) is 43.7 Å². The molecule has 1 fully saturated rings. The summed E-state index contributed by atoms with van der Waals surface area (Å²) in [6.45, 7) is 2.17. The highest BCUT2D eigenvalue weighted by molar-refractivity contribution is 5.85. The Morgan fingerprint density at radius 1 is 1.17 bits per heavy atom. The average molecular weight is 354 g/mol. The van der Waals surface area contributed by atoms with E-state index < -0.39 is 0 Å². The molecule has 0 aliphatic carbocycles. The van der Waals surface area contributed by atoms with E-state index in [1.165, 1.54) is 5.56 Å². The molecule has 1 aliphatic heterocycles. The van der Waals surface area contributed by atoms with Crippen LogP contribution in [0.2, 0.25) is 0 Å². The molecule has 134 valence electrons. The first-order chi connectivity index (χ1) is 11.2. The molecular weight excluding hydrogens is 326 g/mol. The average Bonchev–Trinajstić information content (AvgIpc) is 2.59. The number of hydrogen-bond donors (Lipinski definition) is 2. The van der Waals surface area contributed by atoms with Crippen molar-refractivity contribution in [2.24, 2.45) is 11.7 Å². The van der Waals surface area contributed by atoms with Crippen LogP contribution in [0.25, 0.3) is 0 Å². The molecule has 1 aliphatic rings. The Bertz CT molecular complexity index is 502. The minimum Gasteiger partial charge on any atom is -0.347 e. The Kier molecular flexibility index (Phi) is 9.42. The molecule has 24 heavy (non-hydrogen) atoms. The number of carbonyl (C=O) groups excluding carboxylic acids is 2. The predicted molar refractivity (Wildman–Crippen MR) is 98.0 cm³/mol. The minimum absolute atomic E-state index is 0. The van der Waals surface area contributed by atoms with Gasteiger partial charge in [0.1, 0.15) is 0 Å². The number of nitrogens with one attached hydrogen (secondary N) is 1. The van der Waals surface area contributed by atoms with E-state index in [4.69, 9.17) is 5.73 Å². The van der Waals surface area contributed by atoms with Gasteiger partial charge in [0.2, 0.25) is 11.8 Å². The van der Waals surface area contributed by atoms with Crippen LogP contribution in [0, 0.1) is 5.92 Å². The van der Waals surface area contributed by atoms with Gasteiger partial charge in [-0.25, -0.2) is 0 Å². The molecule has 0 aromatic heterocycles. The van der Waals surface area contributed by atoms with Crippen molar-refractivity contribution < 1.29 is 9.59 Å². The second kappa shape index (κ2) is 11.0. The second-order valence-electron chi connectivity index (χ2n) is 6.18. The number of nitrogens with two attached hydrogens (primary N) is 1. The summed E-state index contributed by atoms with van der Waals surface area (Å²) in [5, 5.41) is 2.68. The van der Waals surface area contributed by atoms with Gasteiger partial charge in [0, 0.05) is 19.5 Å². The SMILES string of the molecule is Cl.NCCCC(=O)NCC(=O)N1CCC(Cc2ccccc2)CC1. The molecule has 2 rings (SSSR count). The molecule has 0 bridgehead atoms. The lowest BCUT2D eigenvalue weighted by atomic mass is 9.90. The molecule has 1 saturated heterocycles. The van der Waals surface area contributed by atoms with Crippen molar-refractivity contribution in [1.29, 1.82) is 0 Å². The quantitative estimate of drug-likeness (QED) is 0.784. The van der Waals surface area contributed by atoms with Crippen molar-refractivity contribution in [3.8, 4) is 0 Å². The van der Waals surface area contributed by atoms with Crippen molar-refractivity contribution in [1.82, 2.24) is 10.2 Å². The fourth-order valence-corrected chi connectivity index (χ4v) is 2.97. The Labute approximate surface area is 150 Å². The first-order valence-electron chi connectivity index (χ1n) is 8.47. The standard InChI is InChI=1S/C18H27N3O2.ClH/c19-10-4-7-17(22)20-14-18(23)21-11-8-16(9-12-21)13-15-5-2-1-3-6-15;/h1-3,5-6,16H,4,7-14,19H2,(H,20,22);1H. The summed E-state index contributed by atoms with van der Waals surface area (Å²) in [4.78, 5) is 25.5. The summed E-state index contributed by atoms with van der Waals surface area (Å²) < 4.78 is 0. The van der Waals surface area contributed by atoms with Crippen LogP contribution in [0.1, 0.15) is 31.2 Å². The second-order valence-corrected chi connectivity index (χ2v) is 6.18. The van der Waals surface area contributed by atoms with Gasteiger partial charge in [-0.1, -0.05) is 30.3 Å². The molecule has 0 saturated carbocycles. The maximum Gasteiger partial charge on any atom is 0.241 e. The molecule has 3 N–H and O–H groups in total. The lowest BCUT2D eigenvalue weighted by Gasteiger charge is -2.32. The highest BCUT2D eigenvalue weighted by atomic mass is 35.5. The third-order valence-electron chi connectivity index (χ3n) is 4.38. The van der Waals surface area contributed by atoms with Gasteiger partial charge in [-0.2, -0.15) is 0 Å². The van der Waals surface area contributed by atoms with E-state index in [1.54, 1.807) is 0 Å². The summed E-state index contributed by atoms with van der Waals surface area (Å²) in [5.74, 6) is 0.563. The Morgan fingerprint density at radius 2 is 1.83 bits per heavy atom. The van der Waals surface area contributed by atoms with Crippen molar-refractivity contribution in [3.05, 3.63) is 35.9 Å². The van der Waals surface area contributed by atoms with Gasteiger partial charge in [0.05, 0.1) is 6.54 Å². The normalized spacial score (nSPS) is 14.8. The predicted octanol–water partition coefficient (Wildman–Crippen LogP) is 1.74. The number of halogens is 1. The highest BCUT2D eigenvalue weighted by Crippen LogP contribution is 2.21. The zero-order valence-corrected chi connectivity index (χ0v) is 14.9. The van der Waals surface area contributed by atoms with Crippen LogP contribution in [-0.4, -0.2) is 42.9 Å². The number of rotatable bonds is 7. The molecule has 5 nitrogen and oxygen atoms in total. The Balaban J connectivity index is 0.00000288. The van der Waals surface area contributed by atoms with E-state index in [1.807, 2.05) is 11.0 Å². The van der Waals surface area contributed by atoms with Crippen molar-refractivity contribution in [2.75, 3.05) is 26.2 Å². The molecule has 1 heterocycles. The zero-order chi connectivity index (χ0) is 16.5. The maximum absolute atomic E-state index is 12.1. The fourth-order valence-electron chi connectivity index (χ4n) is 2.97. The van der Waals surface area contributed by atoms with Crippen LogP contribution in [-0.2, 0) is 16.0 Å². The lowest BCUT2D eigenvalue weighted by Crippen LogP contribution is -2.44. The number of nitrogens with zero attached hydrogens (tertiary/aromatic N) is 1. The topological polar surface area (TPSA) is 75.4 Å². The number of piperidine rings is 1. The van der Waals surface area contributed by atoms with Crippen molar-refractivity contribution in [3.63, 3.8) is 0 Å². The number of amides is 2. The van der Waals surface area contributed by atoms with Crippen LogP contribution < -0.4 is 11.1 Å². The van der Waals surface area contributed by atoms with Gasteiger partial charge in [-0.15, -0.1) is 12.4 Å². The summed E-state index contributed by atoms with van der Waals surface area (Å²) in [6, 6.07) is 10.5. The molecule has 0 unspecified atom stereocenters. The maximum atomic E-state index is 12.1. The van der Waals surface area contributed by atoms with Gasteiger partial charge < -0.3 is 16.0 Å². The molecule has 0 spiro atoms. The smallest absolute Gasteiger partial charge is 0.241 e. The highest BCUT2D eigenvalue weighted by Gasteiger charge is 2.22. The lowest BCUT2D eigenvalue weighted by molar-refractivity contribution is -0.134.